The number of nitrogens with zero attached hydrogens (tertiary/aromatic N) is 2. The molecule has 10 heteroatoms. The van der Waals surface area contributed by atoms with Gasteiger partial charge in [-0.05, 0) is 37.3 Å². The molecule has 0 aliphatic heterocycles. The van der Waals surface area contributed by atoms with Gasteiger partial charge in [0, 0.05) is 19.3 Å². The Balaban J connectivity index is 2.15. The third-order valence-corrected chi connectivity index (χ3v) is 6.21. The summed E-state index contributed by atoms with van der Waals surface area (Å²) in [6.45, 7) is 1.70. The van der Waals surface area contributed by atoms with Crippen molar-refractivity contribution in [2.45, 2.75) is 11.8 Å². The van der Waals surface area contributed by atoms with Gasteiger partial charge in [-0.1, -0.05) is 34.3 Å². The van der Waals surface area contributed by atoms with Crippen LogP contribution in [0.25, 0.3) is 0 Å². The van der Waals surface area contributed by atoms with Gasteiger partial charge in [-0.3, -0.25) is 9.63 Å². The molecule has 0 saturated carbocycles. The molecule has 2 aromatic carbocycles. The SMILES string of the molecule is CCN(C(=O)COC(=O)c1ccc(Cl)c(S(=O)(=O)N(C)OC)c1)c1ccccc1. The molecule has 0 spiro atoms. The highest BCUT2D eigenvalue weighted by molar-refractivity contribution is 7.89. The standard InChI is InChI=1S/C19H21ClN2O6S/c1-4-22(15-8-6-5-7-9-15)18(23)13-28-19(24)14-10-11-16(20)17(12-14)29(25,26)21(2)27-3/h5-12H,4,13H2,1-3H3. The average Bonchev–Trinajstić information content (AvgIpc) is 2.72. The van der Waals surface area contributed by atoms with Crippen LogP contribution in [0, 0.1) is 0 Å². The Bertz CT molecular complexity index is 981. The predicted molar refractivity (Wildman–Crippen MR) is 108 cm³/mol. The fraction of sp³-hybridized carbons (Fsp3) is 0.263. The number of hydroxylamine groups is 1. The van der Waals surface area contributed by atoms with Crippen LogP contribution in [0.1, 0.15) is 17.3 Å². The lowest BCUT2D eigenvalue weighted by Gasteiger charge is -2.20. The van der Waals surface area contributed by atoms with Crippen LogP contribution in [0.3, 0.4) is 0 Å². The minimum atomic E-state index is -4.06. The fourth-order valence-corrected chi connectivity index (χ4v) is 3.94. The van der Waals surface area contributed by atoms with Crippen LogP contribution in [0.15, 0.2) is 53.4 Å². The molecule has 156 valence electrons. The predicted octanol–water partition coefficient (Wildman–Crippen LogP) is 2.73. The summed E-state index contributed by atoms with van der Waals surface area (Å²) >= 11 is 5.97. The number of likely N-dealkylation sites (N-methyl/N-ethyl adjacent to an activating group) is 1. The average molecular weight is 441 g/mol. The molecular weight excluding hydrogens is 420 g/mol. The Morgan fingerprint density at radius 1 is 1.10 bits per heavy atom. The maximum atomic E-state index is 12.4. The van der Waals surface area contributed by atoms with Crippen LogP contribution in [0.4, 0.5) is 5.69 Å². The minimum absolute atomic E-state index is 0.0620. The summed E-state index contributed by atoms with van der Waals surface area (Å²) in [5.41, 5.74) is 0.617. The number of benzene rings is 2. The van der Waals surface area contributed by atoms with Gasteiger partial charge in [-0.15, -0.1) is 0 Å². The largest absolute Gasteiger partial charge is 0.452 e. The zero-order chi connectivity index (χ0) is 21.6. The summed E-state index contributed by atoms with van der Waals surface area (Å²) in [6, 6.07) is 12.6. The number of para-hydroxylation sites is 1. The van der Waals surface area contributed by atoms with E-state index in [1.807, 2.05) is 6.07 Å². The van der Waals surface area contributed by atoms with Crippen LogP contribution in [0.2, 0.25) is 5.02 Å². The van der Waals surface area contributed by atoms with Gasteiger partial charge in [0.25, 0.3) is 15.9 Å². The molecule has 2 aromatic rings. The highest BCUT2D eigenvalue weighted by Gasteiger charge is 2.26. The van der Waals surface area contributed by atoms with Crippen molar-refractivity contribution in [1.82, 2.24) is 4.47 Å². The van der Waals surface area contributed by atoms with Crippen molar-refractivity contribution in [2.24, 2.45) is 0 Å². The number of ether oxygens (including phenoxy) is 1. The molecule has 2 rings (SSSR count). The number of amides is 1. The van der Waals surface area contributed by atoms with E-state index < -0.39 is 28.5 Å². The van der Waals surface area contributed by atoms with E-state index in [0.717, 1.165) is 6.07 Å². The molecule has 8 nitrogen and oxygen atoms in total. The van der Waals surface area contributed by atoms with Gasteiger partial charge in [-0.2, -0.15) is 0 Å². The first kappa shape index (κ1) is 22.8. The first-order valence-electron chi connectivity index (χ1n) is 8.57. The van der Waals surface area contributed by atoms with Gasteiger partial charge in [-0.25, -0.2) is 13.2 Å². The second-order valence-electron chi connectivity index (χ2n) is 5.79. The maximum Gasteiger partial charge on any atom is 0.338 e. The molecule has 0 aromatic heterocycles. The van der Waals surface area contributed by atoms with E-state index in [1.165, 1.54) is 31.2 Å². The topological polar surface area (TPSA) is 93.2 Å². The van der Waals surface area contributed by atoms with E-state index in [4.69, 9.17) is 21.2 Å². The summed E-state index contributed by atoms with van der Waals surface area (Å²) in [4.78, 5) is 30.6. The van der Waals surface area contributed by atoms with Gasteiger partial charge < -0.3 is 9.64 Å². The Morgan fingerprint density at radius 3 is 2.34 bits per heavy atom. The number of halogens is 1. The molecule has 1 amide bonds. The Hall–Kier alpha value is -2.46. The third kappa shape index (κ3) is 5.33. The fourth-order valence-electron chi connectivity index (χ4n) is 2.46. The van der Waals surface area contributed by atoms with Crippen LogP contribution in [-0.4, -0.2) is 52.1 Å². The van der Waals surface area contributed by atoms with Gasteiger partial charge in [0.05, 0.1) is 17.7 Å². The molecule has 0 unspecified atom stereocenters. The third-order valence-electron chi connectivity index (χ3n) is 4.05. The van der Waals surface area contributed by atoms with E-state index >= 15 is 0 Å². The van der Waals surface area contributed by atoms with E-state index in [1.54, 1.807) is 31.2 Å². The molecule has 29 heavy (non-hydrogen) atoms. The summed E-state index contributed by atoms with van der Waals surface area (Å²) in [5, 5.41) is -0.0808. The van der Waals surface area contributed by atoms with Crippen molar-refractivity contribution in [3.8, 4) is 0 Å². The summed E-state index contributed by atoms with van der Waals surface area (Å²) < 4.78 is 30.5. The summed E-state index contributed by atoms with van der Waals surface area (Å²) in [6.07, 6.45) is 0. The number of rotatable bonds is 8. The molecule has 0 fully saturated rings. The van der Waals surface area contributed by atoms with E-state index in [-0.39, 0.29) is 15.5 Å². The second-order valence-corrected chi connectivity index (χ2v) is 8.10. The Labute approximate surface area is 174 Å². The second kappa shape index (κ2) is 9.84. The smallest absolute Gasteiger partial charge is 0.338 e. The highest BCUT2D eigenvalue weighted by Crippen LogP contribution is 2.25. The van der Waals surface area contributed by atoms with Gasteiger partial charge in [0.1, 0.15) is 4.90 Å². The molecule has 0 aliphatic rings. The van der Waals surface area contributed by atoms with Crippen molar-refractivity contribution in [2.75, 3.05) is 32.2 Å². The van der Waals surface area contributed by atoms with Gasteiger partial charge in [0.15, 0.2) is 6.61 Å². The number of anilines is 1. The van der Waals surface area contributed by atoms with E-state index in [2.05, 4.69) is 0 Å². The summed E-state index contributed by atoms with van der Waals surface area (Å²) in [7, 11) is -1.69. The van der Waals surface area contributed by atoms with Crippen molar-refractivity contribution in [1.29, 1.82) is 0 Å². The summed E-state index contributed by atoms with van der Waals surface area (Å²) in [5.74, 6) is -1.26. The molecule has 0 atom stereocenters. The quantitative estimate of drug-likeness (QED) is 0.463. The molecule has 0 heterocycles. The Morgan fingerprint density at radius 2 is 1.76 bits per heavy atom. The molecular formula is C19H21ClN2O6S. The van der Waals surface area contributed by atoms with Crippen LogP contribution < -0.4 is 4.90 Å². The lowest BCUT2D eigenvalue weighted by atomic mass is 10.2. The minimum Gasteiger partial charge on any atom is -0.452 e. The van der Waals surface area contributed by atoms with E-state index in [0.29, 0.717) is 16.7 Å². The Kier molecular flexibility index (Phi) is 7.74. The maximum absolute atomic E-state index is 12.4. The number of carbonyl (C=O) groups is 2. The first-order valence-corrected chi connectivity index (χ1v) is 10.4. The van der Waals surface area contributed by atoms with Crippen LogP contribution in [-0.2, 0) is 24.4 Å². The molecule has 0 radical (unpaired) electrons. The number of carbonyl (C=O) groups excluding carboxylic acids is 2. The van der Waals surface area contributed by atoms with Gasteiger partial charge in [0.2, 0.25) is 0 Å². The van der Waals surface area contributed by atoms with Crippen molar-refractivity contribution < 1.29 is 27.6 Å². The number of hydrogen-bond donors (Lipinski definition) is 0. The van der Waals surface area contributed by atoms with Crippen molar-refractivity contribution in [3.05, 3.63) is 59.1 Å². The van der Waals surface area contributed by atoms with E-state index in [9.17, 15) is 18.0 Å². The number of sulfonamides is 1. The van der Waals surface area contributed by atoms with Crippen molar-refractivity contribution >= 4 is 39.2 Å². The highest BCUT2D eigenvalue weighted by atomic mass is 35.5. The zero-order valence-corrected chi connectivity index (χ0v) is 17.7. The van der Waals surface area contributed by atoms with Crippen molar-refractivity contribution in [3.63, 3.8) is 0 Å². The molecule has 0 N–H and O–H groups in total. The first-order chi connectivity index (χ1) is 13.7. The lowest BCUT2D eigenvalue weighted by Crippen LogP contribution is -2.34. The van der Waals surface area contributed by atoms with Crippen LogP contribution in [0.5, 0.6) is 0 Å². The van der Waals surface area contributed by atoms with Crippen LogP contribution >= 0.6 is 11.6 Å². The normalized spacial score (nSPS) is 11.3. The lowest BCUT2D eigenvalue weighted by molar-refractivity contribution is -0.121. The number of esters is 1. The number of hydrogen-bond acceptors (Lipinski definition) is 6. The molecule has 0 bridgehead atoms. The zero-order valence-electron chi connectivity index (χ0n) is 16.2. The molecule has 0 saturated heterocycles. The molecule has 0 aliphatic carbocycles. The van der Waals surface area contributed by atoms with Gasteiger partial charge >= 0.3 is 5.97 Å². The monoisotopic (exact) mass is 440 g/mol.